The second-order valence-corrected chi connectivity index (χ2v) is 5.44. The van der Waals surface area contributed by atoms with E-state index < -0.39 is 0 Å². The first kappa shape index (κ1) is 15.0. The molecule has 0 radical (unpaired) electrons. The van der Waals surface area contributed by atoms with E-state index in [1.165, 1.54) is 4.90 Å². The molecule has 0 bridgehead atoms. The molecule has 2 aromatic carbocycles. The van der Waals surface area contributed by atoms with Crippen LogP contribution in [0.3, 0.4) is 0 Å². The van der Waals surface area contributed by atoms with Crippen LogP contribution in [0.4, 0.5) is 11.4 Å². The van der Waals surface area contributed by atoms with Gasteiger partial charge in [0, 0.05) is 24.1 Å². The summed E-state index contributed by atoms with van der Waals surface area (Å²) in [4.78, 5) is 36.9. The number of anilines is 2. The largest absolute Gasteiger partial charge is 0.322 e. The normalized spacial score (nSPS) is 14.2. The number of rotatable bonds is 3. The minimum Gasteiger partial charge on any atom is -0.322 e. The summed E-state index contributed by atoms with van der Waals surface area (Å²) in [6, 6.07) is 14.0. The predicted octanol–water partition coefficient (Wildman–Crippen LogP) is 2.90. The second-order valence-electron chi connectivity index (χ2n) is 5.44. The highest BCUT2D eigenvalue weighted by Gasteiger charge is 2.30. The average molecular weight is 308 g/mol. The number of carbonyl (C=O) groups excluding carboxylic acids is 3. The lowest BCUT2D eigenvalue weighted by atomic mass is 10.1. The summed E-state index contributed by atoms with van der Waals surface area (Å²) in [6.07, 6.45) is 0.489. The molecule has 5 nitrogen and oxygen atoms in total. The predicted molar refractivity (Wildman–Crippen MR) is 87.3 cm³/mol. The van der Waals surface area contributed by atoms with E-state index in [0.717, 1.165) is 11.3 Å². The Balaban J connectivity index is 1.77. The van der Waals surface area contributed by atoms with Gasteiger partial charge in [-0.05, 0) is 42.8 Å². The first-order valence-corrected chi connectivity index (χ1v) is 7.39. The van der Waals surface area contributed by atoms with Gasteiger partial charge >= 0.3 is 0 Å². The number of nitrogens with zero attached hydrogens (tertiary/aromatic N) is 1. The molecule has 1 saturated heterocycles. The summed E-state index contributed by atoms with van der Waals surface area (Å²) in [6.45, 7) is 1.92. The number of carbonyl (C=O) groups is 3. The van der Waals surface area contributed by atoms with Gasteiger partial charge in [0.15, 0.2) is 0 Å². The van der Waals surface area contributed by atoms with Gasteiger partial charge < -0.3 is 5.32 Å². The van der Waals surface area contributed by atoms with Crippen molar-refractivity contribution in [1.82, 2.24) is 0 Å². The van der Waals surface area contributed by atoms with Crippen molar-refractivity contribution >= 4 is 29.1 Å². The summed E-state index contributed by atoms with van der Waals surface area (Å²) in [5.74, 6) is -0.635. The van der Waals surface area contributed by atoms with Gasteiger partial charge in [0.2, 0.25) is 11.8 Å². The Morgan fingerprint density at radius 1 is 0.957 bits per heavy atom. The SMILES string of the molecule is Cc1ccccc1NC(=O)c1ccc(N2C(=O)CCC2=O)cc1. The van der Waals surface area contributed by atoms with E-state index in [2.05, 4.69) is 5.32 Å². The van der Waals surface area contributed by atoms with Crippen molar-refractivity contribution in [3.8, 4) is 0 Å². The van der Waals surface area contributed by atoms with Gasteiger partial charge in [0.05, 0.1) is 5.69 Å². The fourth-order valence-corrected chi connectivity index (χ4v) is 2.53. The number of nitrogens with one attached hydrogen (secondary N) is 1. The van der Waals surface area contributed by atoms with Gasteiger partial charge in [-0.25, -0.2) is 0 Å². The molecule has 116 valence electrons. The van der Waals surface area contributed by atoms with Crippen LogP contribution in [-0.4, -0.2) is 17.7 Å². The molecule has 0 atom stereocenters. The molecular weight excluding hydrogens is 292 g/mol. The second kappa shape index (κ2) is 6.04. The van der Waals surface area contributed by atoms with Gasteiger partial charge in [0.25, 0.3) is 5.91 Å². The molecule has 5 heteroatoms. The summed E-state index contributed by atoms with van der Waals surface area (Å²) in [5, 5.41) is 2.85. The first-order valence-electron chi connectivity index (χ1n) is 7.39. The lowest BCUT2D eigenvalue weighted by molar-refractivity contribution is -0.121. The molecule has 2 aromatic rings. The van der Waals surface area contributed by atoms with E-state index in [1.807, 2.05) is 31.2 Å². The van der Waals surface area contributed by atoms with E-state index in [1.54, 1.807) is 24.3 Å². The molecular formula is C18H16N2O3. The highest BCUT2D eigenvalue weighted by atomic mass is 16.2. The van der Waals surface area contributed by atoms with Crippen molar-refractivity contribution in [2.45, 2.75) is 19.8 Å². The number of hydrogen-bond donors (Lipinski definition) is 1. The summed E-state index contributed by atoms with van der Waals surface area (Å²) in [7, 11) is 0. The molecule has 1 aliphatic rings. The van der Waals surface area contributed by atoms with Crippen LogP contribution in [0.25, 0.3) is 0 Å². The fraction of sp³-hybridized carbons (Fsp3) is 0.167. The average Bonchev–Trinajstić information content (AvgIpc) is 2.88. The van der Waals surface area contributed by atoms with Crippen LogP contribution in [0.5, 0.6) is 0 Å². The molecule has 0 spiro atoms. The molecule has 3 amide bonds. The van der Waals surface area contributed by atoms with Crippen LogP contribution in [0.15, 0.2) is 48.5 Å². The zero-order chi connectivity index (χ0) is 16.4. The number of aryl methyl sites for hydroxylation is 1. The molecule has 1 heterocycles. The molecule has 1 aliphatic heterocycles. The summed E-state index contributed by atoms with van der Waals surface area (Å²) in [5.41, 5.74) is 2.71. The van der Waals surface area contributed by atoms with Gasteiger partial charge in [-0.3, -0.25) is 19.3 Å². The van der Waals surface area contributed by atoms with Crippen molar-refractivity contribution in [2.75, 3.05) is 10.2 Å². The van der Waals surface area contributed by atoms with Crippen molar-refractivity contribution in [3.63, 3.8) is 0 Å². The highest BCUT2D eigenvalue weighted by Crippen LogP contribution is 2.23. The highest BCUT2D eigenvalue weighted by molar-refractivity contribution is 6.20. The van der Waals surface area contributed by atoms with E-state index in [4.69, 9.17) is 0 Å². The van der Waals surface area contributed by atoms with Crippen LogP contribution in [0.1, 0.15) is 28.8 Å². The summed E-state index contributed by atoms with van der Waals surface area (Å²) >= 11 is 0. The van der Waals surface area contributed by atoms with Crippen LogP contribution >= 0.6 is 0 Å². The maximum atomic E-state index is 12.3. The van der Waals surface area contributed by atoms with Gasteiger partial charge in [-0.15, -0.1) is 0 Å². The number of para-hydroxylation sites is 1. The third-order valence-corrected chi connectivity index (χ3v) is 3.83. The molecule has 1 fully saturated rings. The van der Waals surface area contributed by atoms with Crippen molar-refractivity contribution < 1.29 is 14.4 Å². The smallest absolute Gasteiger partial charge is 0.255 e. The first-order chi connectivity index (χ1) is 11.1. The van der Waals surface area contributed by atoms with Crippen LogP contribution in [-0.2, 0) is 9.59 Å². The Morgan fingerprint density at radius 3 is 2.17 bits per heavy atom. The lowest BCUT2D eigenvalue weighted by Crippen LogP contribution is -2.28. The minimum absolute atomic E-state index is 0.202. The third-order valence-electron chi connectivity index (χ3n) is 3.83. The molecule has 0 aromatic heterocycles. The van der Waals surface area contributed by atoms with Gasteiger partial charge in [-0.1, -0.05) is 18.2 Å². The minimum atomic E-state index is -0.232. The number of benzene rings is 2. The third kappa shape index (κ3) is 2.99. The number of hydrogen-bond acceptors (Lipinski definition) is 3. The standard InChI is InChI=1S/C18H16N2O3/c1-12-4-2-3-5-15(12)19-18(23)13-6-8-14(9-7-13)20-16(21)10-11-17(20)22/h2-9H,10-11H2,1H3,(H,19,23). The van der Waals surface area contributed by atoms with E-state index in [-0.39, 0.29) is 30.6 Å². The van der Waals surface area contributed by atoms with Crippen LogP contribution < -0.4 is 10.2 Å². The van der Waals surface area contributed by atoms with Gasteiger partial charge in [0.1, 0.15) is 0 Å². The molecule has 0 saturated carbocycles. The zero-order valence-corrected chi connectivity index (χ0v) is 12.7. The van der Waals surface area contributed by atoms with Gasteiger partial charge in [-0.2, -0.15) is 0 Å². The number of imide groups is 1. The van der Waals surface area contributed by atoms with Crippen LogP contribution in [0.2, 0.25) is 0 Å². The van der Waals surface area contributed by atoms with Crippen molar-refractivity contribution in [3.05, 3.63) is 59.7 Å². The van der Waals surface area contributed by atoms with Crippen LogP contribution in [0, 0.1) is 6.92 Å². The maximum absolute atomic E-state index is 12.3. The van der Waals surface area contributed by atoms with E-state index in [9.17, 15) is 14.4 Å². The molecule has 1 N–H and O–H groups in total. The fourth-order valence-electron chi connectivity index (χ4n) is 2.53. The van der Waals surface area contributed by atoms with Crippen molar-refractivity contribution in [1.29, 1.82) is 0 Å². The Kier molecular flexibility index (Phi) is 3.93. The molecule has 0 unspecified atom stereocenters. The topological polar surface area (TPSA) is 66.5 Å². The molecule has 3 rings (SSSR count). The Bertz CT molecular complexity index is 765. The Morgan fingerprint density at radius 2 is 1.57 bits per heavy atom. The summed E-state index contributed by atoms with van der Waals surface area (Å²) < 4.78 is 0. The Hall–Kier alpha value is -2.95. The Labute approximate surface area is 133 Å². The van der Waals surface area contributed by atoms with Crippen molar-refractivity contribution in [2.24, 2.45) is 0 Å². The maximum Gasteiger partial charge on any atom is 0.255 e. The molecule has 0 aliphatic carbocycles. The zero-order valence-electron chi connectivity index (χ0n) is 12.7. The molecule has 23 heavy (non-hydrogen) atoms. The number of amides is 3. The van der Waals surface area contributed by atoms with E-state index in [0.29, 0.717) is 11.3 Å². The quantitative estimate of drug-likeness (QED) is 0.887. The monoisotopic (exact) mass is 308 g/mol. The lowest BCUT2D eigenvalue weighted by Gasteiger charge is -2.14. The van der Waals surface area contributed by atoms with E-state index >= 15 is 0 Å².